The molecule has 0 unspecified atom stereocenters. The molecule has 0 aliphatic carbocycles. The second kappa shape index (κ2) is 7.61. The molecule has 2 aromatic rings. The molecule has 0 atom stereocenters. The maximum atomic E-state index is 12.5. The summed E-state index contributed by atoms with van der Waals surface area (Å²) in [5.74, 6) is -0.355. The lowest BCUT2D eigenvalue weighted by atomic mass is 10.2. The molecule has 1 amide bonds. The van der Waals surface area contributed by atoms with Crippen molar-refractivity contribution in [3.63, 3.8) is 0 Å². The summed E-state index contributed by atoms with van der Waals surface area (Å²) in [6.45, 7) is 3.92. The first-order valence-electron chi connectivity index (χ1n) is 7.21. The van der Waals surface area contributed by atoms with Crippen molar-refractivity contribution in [2.75, 3.05) is 18.1 Å². The lowest BCUT2D eigenvalue weighted by Gasteiger charge is -2.22. The largest absolute Gasteiger partial charge is 0.459 e. The van der Waals surface area contributed by atoms with Crippen LogP contribution >= 0.6 is 11.3 Å². The molecule has 9 heteroatoms. The predicted octanol–water partition coefficient (Wildman–Crippen LogP) is 3.69. The molecule has 24 heavy (non-hydrogen) atoms. The van der Waals surface area contributed by atoms with E-state index in [1.807, 2.05) is 32.0 Å². The van der Waals surface area contributed by atoms with Crippen molar-refractivity contribution < 1.29 is 22.7 Å². The summed E-state index contributed by atoms with van der Waals surface area (Å²) in [4.78, 5) is 13.9. The molecule has 1 aromatic carbocycles. The van der Waals surface area contributed by atoms with Crippen LogP contribution in [0.3, 0.4) is 0 Å². The first-order valence-corrected chi connectivity index (χ1v) is 8.03. The maximum absolute atomic E-state index is 12.5. The molecule has 5 nitrogen and oxygen atoms in total. The molecule has 0 fully saturated rings. The molecule has 2 rings (SSSR count). The highest BCUT2D eigenvalue weighted by Crippen LogP contribution is 2.33. The topological polar surface area (TPSA) is 55.3 Å². The highest BCUT2D eigenvalue weighted by Gasteiger charge is 2.36. The predicted molar refractivity (Wildman–Crippen MR) is 84.2 cm³/mol. The first kappa shape index (κ1) is 18.2. The van der Waals surface area contributed by atoms with Gasteiger partial charge in [0.05, 0.1) is 0 Å². The van der Waals surface area contributed by atoms with Gasteiger partial charge in [-0.3, -0.25) is 4.79 Å². The Balaban J connectivity index is 2.04. The highest BCUT2D eigenvalue weighted by molar-refractivity contribution is 7.13. The van der Waals surface area contributed by atoms with Crippen LogP contribution in [0.2, 0.25) is 0 Å². The van der Waals surface area contributed by atoms with E-state index in [2.05, 4.69) is 10.2 Å². The molecule has 130 valence electrons. The summed E-state index contributed by atoms with van der Waals surface area (Å²) in [7, 11) is 0. The van der Waals surface area contributed by atoms with Crippen LogP contribution in [0.4, 0.5) is 18.9 Å². The van der Waals surface area contributed by atoms with Gasteiger partial charge in [0.25, 0.3) is 11.1 Å². The van der Waals surface area contributed by atoms with Gasteiger partial charge in [-0.25, -0.2) is 0 Å². The molecule has 0 saturated heterocycles. The minimum atomic E-state index is -4.57. The SMILES string of the molecule is CCCN(C(=O)COc1nnc(C(F)(F)F)s1)c1cccc(C)c1. The van der Waals surface area contributed by atoms with Crippen LogP contribution < -0.4 is 9.64 Å². The van der Waals surface area contributed by atoms with Gasteiger partial charge in [-0.15, -0.1) is 5.10 Å². The van der Waals surface area contributed by atoms with Crippen molar-refractivity contribution in [1.29, 1.82) is 0 Å². The van der Waals surface area contributed by atoms with Crippen LogP contribution in [0.15, 0.2) is 24.3 Å². The Kier molecular flexibility index (Phi) is 5.76. The number of aryl methyl sites for hydroxylation is 1. The molecule has 0 saturated carbocycles. The van der Waals surface area contributed by atoms with Crippen molar-refractivity contribution in [2.24, 2.45) is 0 Å². The van der Waals surface area contributed by atoms with Crippen LogP contribution in [0, 0.1) is 6.92 Å². The van der Waals surface area contributed by atoms with E-state index in [4.69, 9.17) is 4.74 Å². The second-order valence-electron chi connectivity index (χ2n) is 5.04. The van der Waals surface area contributed by atoms with E-state index in [9.17, 15) is 18.0 Å². The summed E-state index contributed by atoms with van der Waals surface area (Å²) in [5, 5.41) is 4.93. The van der Waals surface area contributed by atoms with E-state index >= 15 is 0 Å². The number of nitrogens with zero attached hydrogens (tertiary/aromatic N) is 3. The van der Waals surface area contributed by atoms with Gasteiger partial charge in [-0.2, -0.15) is 13.2 Å². The van der Waals surface area contributed by atoms with Gasteiger partial charge < -0.3 is 9.64 Å². The fourth-order valence-electron chi connectivity index (χ4n) is 2.00. The number of anilines is 1. The van der Waals surface area contributed by atoms with Crippen LogP contribution in [0.5, 0.6) is 5.19 Å². The molecular weight excluding hydrogens is 343 g/mol. The third-order valence-electron chi connectivity index (χ3n) is 3.03. The normalized spacial score (nSPS) is 11.4. The van der Waals surface area contributed by atoms with Gasteiger partial charge in [0.15, 0.2) is 6.61 Å². The number of hydrogen-bond acceptors (Lipinski definition) is 5. The Morgan fingerprint density at radius 3 is 2.67 bits per heavy atom. The number of carbonyl (C=O) groups excluding carboxylic acids is 1. The number of hydrogen-bond donors (Lipinski definition) is 0. The van der Waals surface area contributed by atoms with Gasteiger partial charge >= 0.3 is 6.18 Å². The lowest BCUT2D eigenvalue weighted by molar-refractivity contribution is -0.138. The Morgan fingerprint density at radius 2 is 2.08 bits per heavy atom. The summed E-state index contributed by atoms with van der Waals surface area (Å²) in [5.41, 5.74) is 1.72. The standard InChI is InChI=1S/C15H16F3N3O2S/c1-3-7-21(11-6-4-5-10(2)8-11)12(22)9-23-14-20-19-13(24-14)15(16,17)18/h4-6,8H,3,7,9H2,1-2H3. The molecule has 1 aromatic heterocycles. The highest BCUT2D eigenvalue weighted by atomic mass is 32.1. The van der Waals surface area contributed by atoms with E-state index in [0.717, 1.165) is 17.7 Å². The summed E-state index contributed by atoms with van der Waals surface area (Å²) < 4.78 is 42.5. The van der Waals surface area contributed by atoms with Gasteiger partial charge in [0.1, 0.15) is 0 Å². The Labute approximate surface area is 141 Å². The number of carbonyl (C=O) groups is 1. The number of aromatic nitrogens is 2. The maximum Gasteiger partial charge on any atom is 0.445 e. The molecular formula is C15H16F3N3O2S. The fraction of sp³-hybridized carbons (Fsp3) is 0.400. The minimum absolute atomic E-state index is 0.265. The third-order valence-corrected chi connectivity index (χ3v) is 3.91. The van der Waals surface area contributed by atoms with Crippen molar-refractivity contribution in [3.05, 3.63) is 34.8 Å². The van der Waals surface area contributed by atoms with Gasteiger partial charge in [0.2, 0.25) is 5.01 Å². The number of benzene rings is 1. The van der Waals surface area contributed by atoms with E-state index < -0.39 is 17.8 Å². The number of halogens is 3. The quantitative estimate of drug-likeness (QED) is 0.789. The molecule has 0 aliphatic heterocycles. The first-order chi connectivity index (χ1) is 11.3. The minimum Gasteiger partial charge on any atom is -0.459 e. The zero-order valence-corrected chi connectivity index (χ0v) is 13.9. The fourth-order valence-corrected chi connectivity index (χ4v) is 2.56. The zero-order valence-electron chi connectivity index (χ0n) is 13.1. The monoisotopic (exact) mass is 359 g/mol. The van der Waals surface area contributed by atoms with E-state index in [1.54, 1.807) is 11.0 Å². The molecule has 0 bridgehead atoms. The van der Waals surface area contributed by atoms with Crippen molar-refractivity contribution >= 4 is 22.9 Å². The number of rotatable bonds is 6. The number of amides is 1. The molecule has 1 heterocycles. The van der Waals surface area contributed by atoms with E-state index in [-0.39, 0.29) is 22.4 Å². The Bertz CT molecular complexity index is 703. The summed E-state index contributed by atoms with van der Waals surface area (Å²) >= 11 is 0.265. The summed E-state index contributed by atoms with van der Waals surface area (Å²) in [6.07, 6.45) is -3.84. The average Bonchev–Trinajstić information content (AvgIpc) is 2.99. The third kappa shape index (κ3) is 4.67. The zero-order chi connectivity index (χ0) is 17.7. The molecule has 0 N–H and O–H groups in total. The second-order valence-corrected chi connectivity index (χ2v) is 5.98. The van der Waals surface area contributed by atoms with E-state index in [1.165, 1.54) is 0 Å². The van der Waals surface area contributed by atoms with Crippen LogP contribution in [-0.2, 0) is 11.0 Å². The van der Waals surface area contributed by atoms with E-state index in [0.29, 0.717) is 6.54 Å². The molecule has 0 aliphatic rings. The van der Waals surface area contributed by atoms with Gasteiger partial charge in [0, 0.05) is 12.2 Å². The van der Waals surface area contributed by atoms with Crippen molar-refractivity contribution in [3.8, 4) is 5.19 Å². The number of ether oxygens (including phenoxy) is 1. The Morgan fingerprint density at radius 1 is 1.33 bits per heavy atom. The lowest BCUT2D eigenvalue weighted by Crippen LogP contribution is -2.35. The average molecular weight is 359 g/mol. The Hall–Kier alpha value is -2.16. The number of alkyl halides is 3. The smallest absolute Gasteiger partial charge is 0.445 e. The molecule has 0 spiro atoms. The van der Waals surface area contributed by atoms with Gasteiger partial charge in [-0.05, 0) is 31.0 Å². The summed E-state index contributed by atoms with van der Waals surface area (Å²) in [6, 6.07) is 7.41. The van der Waals surface area contributed by atoms with Gasteiger partial charge in [-0.1, -0.05) is 35.5 Å². The van der Waals surface area contributed by atoms with Crippen molar-refractivity contribution in [1.82, 2.24) is 10.2 Å². The van der Waals surface area contributed by atoms with Crippen LogP contribution in [-0.4, -0.2) is 29.3 Å². The van der Waals surface area contributed by atoms with Crippen LogP contribution in [0.1, 0.15) is 23.9 Å². The molecule has 0 radical (unpaired) electrons. The van der Waals surface area contributed by atoms with Crippen LogP contribution in [0.25, 0.3) is 0 Å². The van der Waals surface area contributed by atoms with Crippen molar-refractivity contribution in [2.45, 2.75) is 26.4 Å².